The fourth-order valence-electron chi connectivity index (χ4n) is 2.81. The topological polar surface area (TPSA) is 60.2 Å². The molecule has 0 atom stereocenters. The van der Waals surface area contributed by atoms with E-state index in [4.69, 9.17) is 0 Å². The lowest BCUT2D eigenvalue weighted by molar-refractivity contribution is 0.0939. The number of aromatic amines is 1. The summed E-state index contributed by atoms with van der Waals surface area (Å²) in [6.45, 7) is 5.30. The lowest BCUT2D eigenvalue weighted by atomic mass is 10.1. The van der Waals surface area contributed by atoms with Crippen LogP contribution < -0.4 is 10.9 Å². The second kappa shape index (κ2) is 6.66. The van der Waals surface area contributed by atoms with Crippen LogP contribution in [0.4, 0.5) is 0 Å². The van der Waals surface area contributed by atoms with E-state index in [1.165, 1.54) is 6.42 Å². The number of rotatable bonds is 5. The predicted octanol–water partition coefficient (Wildman–Crippen LogP) is 2.40. The Kier molecular flexibility index (Phi) is 4.44. The van der Waals surface area contributed by atoms with Gasteiger partial charge in [-0.1, -0.05) is 25.1 Å². The number of H-pyrrole nitrogens is 1. The summed E-state index contributed by atoms with van der Waals surface area (Å²) in [6, 6.07) is 7.80. The zero-order valence-electron chi connectivity index (χ0n) is 12.9. The maximum Gasteiger partial charge on any atom is 0.271 e. The fourth-order valence-corrected chi connectivity index (χ4v) is 2.81. The van der Waals surface area contributed by atoms with Gasteiger partial charge in [-0.05, 0) is 25.1 Å². The van der Waals surface area contributed by atoms with E-state index in [0.29, 0.717) is 5.56 Å². The van der Waals surface area contributed by atoms with Gasteiger partial charge in [-0.2, -0.15) is 0 Å². The second-order valence-electron chi connectivity index (χ2n) is 5.61. The molecule has 0 saturated carbocycles. The number of hydrazine groups is 1. The number of aromatic nitrogens is 1. The Hall–Kier alpha value is -2.27. The molecule has 2 aromatic rings. The summed E-state index contributed by atoms with van der Waals surface area (Å²) in [5, 5.41) is 0.938. The first-order chi connectivity index (χ1) is 10.8. The van der Waals surface area contributed by atoms with Crippen molar-refractivity contribution in [2.24, 2.45) is 0 Å². The quantitative estimate of drug-likeness (QED) is 0.743. The molecule has 3 N–H and O–H groups in total. The SMILES string of the molecule is CCCN1CC=C(NNC(=O)c2c[nH]c3ccccc23)CC1. The van der Waals surface area contributed by atoms with Crippen molar-refractivity contribution in [2.45, 2.75) is 19.8 Å². The number of hydrogen-bond donors (Lipinski definition) is 3. The molecule has 2 heterocycles. The molecule has 0 unspecified atom stereocenters. The van der Waals surface area contributed by atoms with Crippen LogP contribution in [0.15, 0.2) is 42.2 Å². The number of amides is 1. The second-order valence-corrected chi connectivity index (χ2v) is 5.61. The highest BCUT2D eigenvalue weighted by Gasteiger charge is 2.13. The normalized spacial score (nSPS) is 15.6. The molecular formula is C17H22N4O. The molecule has 5 heteroatoms. The van der Waals surface area contributed by atoms with Crippen molar-refractivity contribution in [3.05, 3.63) is 47.8 Å². The van der Waals surface area contributed by atoms with E-state index in [2.05, 4.69) is 33.7 Å². The third-order valence-corrected chi connectivity index (χ3v) is 4.00. The first kappa shape index (κ1) is 14.7. The predicted molar refractivity (Wildman–Crippen MR) is 88.3 cm³/mol. The van der Waals surface area contributed by atoms with Gasteiger partial charge in [0, 0.05) is 42.3 Å². The fraction of sp³-hybridized carbons (Fsp3) is 0.353. The maximum atomic E-state index is 12.3. The molecule has 0 bridgehead atoms. The van der Waals surface area contributed by atoms with Crippen LogP contribution in [-0.2, 0) is 0 Å². The van der Waals surface area contributed by atoms with Gasteiger partial charge < -0.3 is 10.4 Å². The molecule has 116 valence electrons. The number of nitrogens with one attached hydrogen (secondary N) is 3. The van der Waals surface area contributed by atoms with Crippen LogP contribution in [0, 0.1) is 0 Å². The van der Waals surface area contributed by atoms with Gasteiger partial charge in [0.1, 0.15) is 0 Å². The zero-order valence-corrected chi connectivity index (χ0v) is 12.9. The lowest BCUT2D eigenvalue weighted by Gasteiger charge is -2.26. The molecule has 1 aliphatic heterocycles. The molecule has 1 aliphatic rings. The first-order valence-electron chi connectivity index (χ1n) is 7.82. The monoisotopic (exact) mass is 298 g/mol. The maximum absolute atomic E-state index is 12.3. The minimum absolute atomic E-state index is 0.116. The molecule has 0 spiro atoms. The Balaban J connectivity index is 1.59. The van der Waals surface area contributed by atoms with Crippen LogP contribution in [0.3, 0.4) is 0 Å². The summed E-state index contributed by atoms with van der Waals surface area (Å²) in [6.07, 6.45) is 6.01. The summed E-state index contributed by atoms with van der Waals surface area (Å²) >= 11 is 0. The van der Waals surface area contributed by atoms with E-state index in [0.717, 1.165) is 42.7 Å². The Morgan fingerprint density at radius 3 is 3.00 bits per heavy atom. The van der Waals surface area contributed by atoms with E-state index < -0.39 is 0 Å². The van der Waals surface area contributed by atoms with Gasteiger partial charge in [0.2, 0.25) is 0 Å². The molecule has 0 aliphatic carbocycles. The van der Waals surface area contributed by atoms with Crippen LogP contribution in [-0.4, -0.2) is 35.4 Å². The molecule has 1 aromatic heterocycles. The summed E-state index contributed by atoms with van der Waals surface area (Å²) < 4.78 is 0. The molecule has 0 fully saturated rings. The van der Waals surface area contributed by atoms with Crippen molar-refractivity contribution in [2.75, 3.05) is 19.6 Å². The highest BCUT2D eigenvalue weighted by atomic mass is 16.2. The van der Waals surface area contributed by atoms with Crippen LogP contribution in [0.25, 0.3) is 10.9 Å². The van der Waals surface area contributed by atoms with Crippen molar-refractivity contribution in [1.29, 1.82) is 0 Å². The Morgan fingerprint density at radius 2 is 2.23 bits per heavy atom. The molecule has 1 aromatic carbocycles. The number of hydrogen-bond acceptors (Lipinski definition) is 3. The highest BCUT2D eigenvalue weighted by Crippen LogP contribution is 2.17. The third-order valence-electron chi connectivity index (χ3n) is 4.00. The smallest absolute Gasteiger partial charge is 0.271 e. The summed E-state index contributed by atoms with van der Waals surface area (Å²) in [4.78, 5) is 17.8. The molecule has 22 heavy (non-hydrogen) atoms. The molecule has 0 saturated heterocycles. The van der Waals surface area contributed by atoms with Crippen molar-refractivity contribution < 1.29 is 4.79 Å². The molecular weight excluding hydrogens is 276 g/mol. The Bertz CT molecular complexity index is 689. The number of para-hydroxylation sites is 1. The molecule has 5 nitrogen and oxygen atoms in total. The third kappa shape index (κ3) is 3.14. The summed E-state index contributed by atoms with van der Waals surface area (Å²) in [5.41, 5.74) is 8.57. The molecule has 0 radical (unpaired) electrons. The standard InChI is InChI=1S/C17H22N4O/c1-2-9-21-10-7-13(8-11-21)19-20-17(22)15-12-18-16-6-4-3-5-14(15)16/h3-7,12,18-19H,2,8-11H2,1H3,(H,20,22). The van der Waals surface area contributed by atoms with Gasteiger partial charge >= 0.3 is 0 Å². The van der Waals surface area contributed by atoms with Gasteiger partial charge in [0.05, 0.1) is 5.56 Å². The van der Waals surface area contributed by atoms with Crippen molar-refractivity contribution in [3.8, 4) is 0 Å². The largest absolute Gasteiger partial charge is 0.360 e. The Labute approximate surface area is 130 Å². The number of benzene rings is 1. The molecule has 3 rings (SSSR count). The van der Waals surface area contributed by atoms with Gasteiger partial charge in [-0.25, -0.2) is 0 Å². The molecule has 1 amide bonds. The summed E-state index contributed by atoms with van der Waals surface area (Å²) in [5.74, 6) is -0.116. The van der Waals surface area contributed by atoms with Gasteiger partial charge in [0.15, 0.2) is 0 Å². The van der Waals surface area contributed by atoms with Crippen LogP contribution in [0.1, 0.15) is 30.1 Å². The van der Waals surface area contributed by atoms with E-state index in [9.17, 15) is 4.79 Å². The van der Waals surface area contributed by atoms with Gasteiger partial charge in [0.25, 0.3) is 5.91 Å². The number of fused-ring (bicyclic) bond motifs is 1. The average molecular weight is 298 g/mol. The van der Waals surface area contributed by atoms with Crippen LogP contribution in [0.2, 0.25) is 0 Å². The van der Waals surface area contributed by atoms with Crippen LogP contribution >= 0.6 is 0 Å². The van der Waals surface area contributed by atoms with Crippen molar-refractivity contribution >= 4 is 16.8 Å². The Morgan fingerprint density at radius 1 is 1.36 bits per heavy atom. The average Bonchev–Trinajstić information content (AvgIpc) is 2.98. The van der Waals surface area contributed by atoms with Crippen molar-refractivity contribution in [3.63, 3.8) is 0 Å². The van der Waals surface area contributed by atoms with E-state index in [1.807, 2.05) is 24.3 Å². The number of carbonyl (C=O) groups excluding carboxylic acids is 1. The number of carbonyl (C=O) groups is 1. The minimum Gasteiger partial charge on any atom is -0.360 e. The summed E-state index contributed by atoms with van der Waals surface area (Å²) in [7, 11) is 0. The van der Waals surface area contributed by atoms with Crippen molar-refractivity contribution in [1.82, 2.24) is 20.7 Å². The van der Waals surface area contributed by atoms with Crippen LogP contribution in [0.5, 0.6) is 0 Å². The lowest BCUT2D eigenvalue weighted by Crippen LogP contribution is -2.40. The minimum atomic E-state index is -0.116. The first-order valence-corrected chi connectivity index (χ1v) is 7.82. The zero-order chi connectivity index (χ0) is 15.4. The van der Waals surface area contributed by atoms with E-state index in [1.54, 1.807) is 6.20 Å². The number of nitrogens with zero attached hydrogens (tertiary/aromatic N) is 1. The highest BCUT2D eigenvalue weighted by molar-refractivity contribution is 6.06. The van der Waals surface area contributed by atoms with E-state index >= 15 is 0 Å². The van der Waals surface area contributed by atoms with Gasteiger partial charge in [-0.3, -0.25) is 15.1 Å². The van der Waals surface area contributed by atoms with Gasteiger partial charge in [-0.15, -0.1) is 0 Å². The van der Waals surface area contributed by atoms with E-state index in [-0.39, 0.29) is 5.91 Å².